The van der Waals surface area contributed by atoms with Crippen LogP contribution >= 0.6 is 0 Å². The third kappa shape index (κ3) is 4.71. The molecule has 2 amide bonds. The van der Waals surface area contributed by atoms with Crippen molar-refractivity contribution in [1.82, 2.24) is 9.80 Å². The van der Waals surface area contributed by atoms with Gasteiger partial charge in [0, 0.05) is 25.2 Å². The number of carbonyl (C=O) groups excluding carboxylic acids is 2. The van der Waals surface area contributed by atoms with Gasteiger partial charge in [0.25, 0.3) is 11.6 Å². The molecule has 196 valence electrons. The van der Waals surface area contributed by atoms with Gasteiger partial charge in [-0.25, -0.2) is 4.39 Å². The van der Waals surface area contributed by atoms with E-state index in [1.54, 1.807) is 28.0 Å². The molecule has 0 aliphatic carbocycles. The number of fused-ring (bicyclic) bond motifs is 2. The van der Waals surface area contributed by atoms with Crippen LogP contribution in [0.2, 0.25) is 0 Å². The van der Waals surface area contributed by atoms with E-state index < -0.39 is 23.0 Å². The van der Waals surface area contributed by atoms with Gasteiger partial charge in [-0.2, -0.15) is 0 Å². The van der Waals surface area contributed by atoms with Crippen molar-refractivity contribution in [2.45, 2.75) is 32.5 Å². The molecule has 2 aliphatic rings. The largest absolute Gasteiger partial charge is 0.349 e. The lowest BCUT2D eigenvalue weighted by atomic mass is 9.94. The molecule has 2 heterocycles. The van der Waals surface area contributed by atoms with E-state index >= 15 is 0 Å². The highest BCUT2D eigenvalue weighted by Gasteiger charge is 2.50. The van der Waals surface area contributed by atoms with Gasteiger partial charge in [0.1, 0.15) is 18.0 Å². The minimum absolute atomic E-state index is 0.166. The van der Waals surface area contributed by atoms with E-state index in [0.717, 1.165) is 5.56 Å². The van der Waals surface area contributed by atoms with Gasteiger partial charge in [-0.1, -0.05) is 56.3 Å². The molecule has 0 N–H and O–H groups in total. The minimum Gasteiger partial charge on any atom is -0.349 e. The lowest BCUT2D eigenvalue weighted by Crippen LogP contribution is -2.67. The third-order valence-electron chi connectivity index (χ3n) is 7.11. The summed E-state index contributed by atoms with van der Waals surface area (Å²) in [5, 5.41) is 11.5. The smallest absolute Gasteiger partial charge is 0.270 e. The molecule has 0 spiro atoms. The van der Waals surface area contributed by atoms with E-state index in [1.165, 1.54) is 24.3 Å². The van der Waals surface area contributed by atoms with Crippen LogP contribution in [0.3, 0.4) is 0 Å². The highest BCUT2D eigenvalue weighted by Crippen LogP contribution is 2.41. The van der Waals surface area contributed by atoms with Gasteiger partial charge in [-0.15, -0.1) is 0 Å². The Morgan fingerprint density at radius 2 is 1.74 bits per heavy atom. The number of piperazine rings is 1. The molecule has 0 unspecified atom stereocenters. The van der Waals surface area contributed by atoms with Gasteiger partial charge in [-0.3, -0.25) is 19.7 Å². The van der Waals surface area contributed by atoms with Crippen LogP contribution in [0, 0.1) is 21.8 Å². The van der Waals surface area contributed by atoms with E-state index in [9.17, 15) is 24.1 Å². The second kappa shape index (κ2) is 10.2. The zero-order valence-electron chi connectivity index (χ0n) is 21.3. The first-order valence-electron chi connectivity index (χ1n) is 12.7. The molecular formula is C29H29FN4O4. The van der Waals surface area contributed by atoms with Crippen molar-refractivity contribution in [2.24, 2.45) is 5.92 Å². The van der Waals surface area contributed by atoms with Crippen molar-refractivity contribution < 1.29 is 18.9 Å². The zero-order valence-corrected chi connectivity index (χ0v) is 21.3. The molecule has 0 bridgehead atoms. The monoisotopic (exact) mass is 516 g/mol. The van der Waals surface area contributed by atoms with Crippen LogP contribution in [0.1, 0.15) is 41.4 Å². The number of non-ortho nitro benzene ring substituents is 1. The normalized spacial score (nSPS) is 19.0. The third-order valence-corrected chi connectivity index (χ3v) is 7.11. The molecule has 0 radical (unpaired) electrons. The first kappa shape index (κ1) is 25.4. The molecule has 3 aromatic carbocycles. The van der Waals surface area contributed by atoms with Crippen LogP contribution in [-0.2, 0) is 11.2 Å². The average Bonchev–Trinajstić information content (AvgIpc) is 2.91. The standard InChI is InChI=1S/C29H29FN4O4/c1-19(2)17-32-25-13-12-23(34(37)38)16-24(25)28(35)33-26(32)18-31(15-14-20-8-10-22(30)11-9-20)29(36)27(33)21-6-4-3-5-7-21/h3-13,16,19,26-27H,14-15,17-18H2,1-2H3/t26-,27+/m1/s1. The second-order valence-corrected chi connectivity index (χ2v) is 10.2. The lowest BCUT2D eigenvalue weighted by Gasteiger charge is -2.53. The van der Waals surface area contributed by atoms with Crippen molar-refractivity contribution in [3.05, 3.63) is 105 Å². The maximum absolute atomic E-state index is 14.0. The van der Waals surface area contributed by atoms with Gasteiger partial charge in [-0.05, 0) is 41.7 Å². The summed E-state index contributed by atoms with van der Waals surface area (Å²) in [5.41, 5.74) is 2.29. The Bertz CT molecular complexity index is 1360. The molecular weight excluding hydrogens is 487 g/mol. The molecule has 9 heteroatoms. The predicted octanol–water partition coefficient (Wildman–Crippen LogP) is 4.80. The van der Waals surface area contributed by atoms with Crippen LogP contribution in [0.4, 0.5) is 15.8 Å². The summed E-state index contributed by atoms with van der Waals surface area (Å²) in [4.78, 5) is 44.4. The number of hydrogen-bond acceptors (Lipinski definition) is 5. The van der Waals surface area contributed by atoms with Gasteiger partial charge in [0.15, 0.2) is 0 Å². The molecule has 3 aromatic rings. The van der Waals surface area contributed by atoms with Crippen molar-refractivity contribution in [1.29, 1.82) is 0 Å². The Balaban J connectivity index is 1.58. The number of benzene rings is 3. The fourth-order valence-corrected chi connectivity index (χ4v) is 5.37. The van der Waals surface area contributed by atoms with E-state index in [2.05, 4.69) is 18.7 Å². The van der Waals surface area contributed by atoms with E-state index in [0.29, 0.717) is 30.8 Å². The number of nitro groups is 1. The highest BCUT2D eigenvalue weighted by molar-refractivity contribution is 6.05. The molecule has 0 saturated carbocycles. The number of rotatable bonds is 7. The predicted molar refractivity (Wildman–Crippen MR) is 141 cm³/mol. The van der Waals surface area contributed by atoms with Crippen molar-refractivity contribution in [3.63, 3.8) is 0 Å². The summed E-state index contributed by atoms with van der Waals surface area (Å²) in [7, 11) is 0. The Morgan fingerprint density at radius 1 is 1.03 bits per heavy atom. The number of hydrogen-bond donors (Lipinski definition) is 0. The Kier molecular flexibility index (Phi) is 6.84. The second-order valence-electron chi connectivity index (χ2n) is 10.2. The summed E-state index contributed by atoms with van der Waals surface area (Å²) in [5.74, 6) is -0.685. The lowest BCUT2D eigenvalue weighted by molar-refractivity contribution is -0.384. The minimum atomic E-state index is -0.877. The van der Waals surface area contributed by atoms with Crippen LogP contribution in [0.25, 0.3) is 0 Å². The number of amides is 2. The Hall–Kier alpha value is -4.27. The van der Waals surface area contributed by atoms with Crippen LogP contribution in [0.5, 0.6) is 0 Å². The zero-order chi connectivity index (χ0) is 27.0. The fraction of sp³-hybridized carbons (Fsp3) is 0.310. The van der Waals surface area contributed by atoms with Gasteiger partial charge in [0.2, 0.25) is 5.91 Å². The molecule has 38 heavy (non-hydrogen) atoms. The molecule has 8 nitrogen and oxygen atoms in total. The molecule has 1 fully saturated rings. The molecule has 2 atom stereocenters. The van der Waals surface area contributed by atoms with Gasteiger partial charge in [0.05, 0.1) is 22.7 Å². The molecule has 0 aromatic heterocycles. The molecule has 5 rings (SSSR count). The fourth-order valence-electron chi connectivity index (χ4n) is 5.37. The Morgan fingerprint density at radius 3 is 2.39 bits per heavy atom. The number of anilines is 1. The first-order valence-corrected chi connectivity index (χ1v) is 12.7. The quantitative estimate of drug-likeness (QED) is 0.333. The summed E-state index contributed by atoms with van der Waals surface area (Å²) >= 11 is 0. The van der Waals surface area contributed by atoms with Crippen LogP contribution in [0.15, 0.2) is 72.8 Å². The summed E-state index contributed by atoms with van der Waals surface area (Å²) in [6.07, 6.45) is 0.0937. The van der Waals surface area contributed by atoms with Gasteiger partial charge < -0.3 is 14.7 Å². The first-order chi connectivity index (χ1) is 18.2. The maximum atomic E-state index is 14.0. The summed E-state index contributed by atoms with van der Waals surface area (Å²) in [6.45, 7) is 5.44. The van der Waals surface area contributed by atoms with Crippen molar-refractivity contribution in [2.75, 3.05) is 24.5 Å². The average molecular weight is 517 g/mol. The number of nitrogens with zero attached hydrogens (tertiary/aromatic N) is 4. The SMILES string of the molecule is CC(C)CN1c2ccc([N+](=O)[O-])cc2C(=O)N2[C@@H](c3ccccc3)C(=O)N(CCc3ccc(F)cc3)C[C@H]12. The van der Waals surface area contributed by atoms with E-state index in [-0.39, 0.29) is 35.4 Å². The summed E-state index contributed by atoms with van der Waals surface area (Å²) < 4.78 is 13.4. The van der Waals surface area contributed by atoms with E-state index in [1.807, 2.05) is 30.3 Å². The maximum Gasteiger partial charge on any atom is 0.270 e. The number of nitro benzene ring substituents is 1. The Labute approximate surface area is 220 Å². The van der Waals surface area contributed by atoms with Gasteiger partial charge >= 0.3 is 0 Å². The number of halogens is 1. The van der Waals surface area contributed by atoms with Crippen molar-refractivity contribution >= 4 is 23.2 Å². The topological polar surface area (TPSA) is 87.0 Å². The molecule has 2 aliphatic heterocycles. The number of carbonyl (C=O) groups is 2. The summed E-state index contributed by atoms with van der Waals surface area (Å²) in [6, 6.07) is 18.9. The van der Waals surface area contributed by atoms with Crippen LogP contribution < -0.4 is 4.90 Å². The van der Waals surface area contributed by atoms with E-state index in [4.69, 9.17) is 0 Å². The van der Waals surface area contributed by atoms with Crippen molar-refractivity contribution in [3.8, 4) is 0 Å². The van der Waals surface area contributed by atoms with Crippen LogP contribution in [-0.4, -0.2) is 52.3 Å². The highest BCUT2D eigenvalue weighted by atomic mass is 19.1. The molecule has 1 saturated heterocycles.